The normalized spacial score (nSPS) is 14.7. The van der Waals surface area contributed by atoms with Crippen molar-refractivity contribution in [2.24, 2.45) is 0 Å². The summed E-state index contributed by atoms with van der Waals surface area (Å²) < 4.78 is 5.41. The van der Waals surface area contributed by atoms with Crippen LogP contribution in [-0.2, 0) is 11.3 Å². The van der Waals surface area contributed by atoms with E-state index in [1.807, 2.05) is 37.3 Å². The number of ether oxygens (including phenoxy) is 1. The van der Waals surface area contributed by atoms with Gasteiger partial charge in [-0.2, -0.15) is 0 Å². The predicted molar refractivity (Wildman–Crippen MR) is 63.0 cm³/mol. The van der Waals surface area contributed by atoms with E-state index in [0.717, 1.165) is 5.56 Å². The Bertz CT molecular complexity index is 274. The Kier molecular flexibility index (Phi) is 6.08. The van der Waals surface area contributed by atoms with Gasteiger partial charge in [0.25, 0.3) is 0 Å². The molecule has 0 spiro atoms. The van der Waals surface area contributed by atoms with Gasteiger partial charge in [-0.15, -0.1) is 0 Å². The second-order valence-electron chi connectivity index (χ2n) is 3.87. The third-order valence-electron chi connectivity index (χ3n) is 2.53. The Hall–Kier alpha value is -0.900. The molecule has 2 atom stereocenters. The van der Waals surface area contributed by atoms with Gasteiger partial charge in [0.15, 0.2) is 0 Å². The first-order valence-electron chi connectivity index (χ1n) is 5.71. The van der Waals surface area contributed by atoms with E-state index in [1.54, 1.807) is 0 Å². The molecule has 1 unspecified atom stereocenters. The second-order valence-corrected chi connectivity index (χ2v) is 3.87. The summed E-state index contributed by atoms with van der Waals surface area (Å²) in [6, 6.07) is 9.89. The molecule has 1 rings (SSSR count). The molecule has 0 aliphatic rings. The number of benzene rings is 1. The van der Waals surface area contributed by atoms with Crippen molar-refractivity contribution in [1.82, 2.24) is 0 Å². The standard InChI is InChI=1S/C13H20O3/c1-2-12(14)13(15)8-9-16-10-11-6-4-3-5-7-11/h3-7,12-15H,2,8-10H2,1H3/t12-,13?/m1/s1. The monoisotopic (exact) mass is 224 g/mol. The first-order chi connectivity index (χ1) is 7.74. The molecule has 16 heavy (non-hydrogen) atoms. The number of hydrogen-bond acceptors (Lipinski definition) is 3. The van der Waals surface area contributed by atoms with E-state index in [9.17, 15) is 10.2 Å². The van der Waals surface area contributed by atoms with Crippen molar-refractivity contribution in [2.75, 3.05) is 6.61 Å². The van der Waals surface area contributed by atoms with E-state index in [2.05, 4.69) is 0 Å². The second kappa shape index (κ2) is 7.39. The van der Waals surface area contributed by atoms with Gasteiger partial charge in [-0.1, -0.05) is 37.3 Å². The van der Waals surface area contributed by atoms with Crippen LogP contribution in [0.5, 0.6) is 0 Å². The average molecular weight is 224 g/mol. The van der Waals surface area contributed by atoms with Crippen molar-refractivity contribution in [1.29, 1.82) is 0 Å². The number of rotatable bonds is 7. The average Bonchev–Trinajstić information content (AvgIpc) is 2.34. The SMILES string of the molecule is CC[C@@H](O)C(O)CCOCc1ccccc1. The Labute approximate surface area is 96.7 Å². The minimum atomic E-state index is -0.680. The molecule has 0 radical (unpaired) electrons. The van der Waals surface area contributed by atoms with Crippen LogP contribution in [0.3, 0.4) is 0 Å². The lowest BCUT2D eigenvalue weighted by atomic mass is 10.1. The summed E-state index contributed by atoms with van der Waals surface area (Å²) >= 11 is 0. The van der Waals surface area contributed by atoms with E-state index in [0.29, 0.717) is 26.1 Å². The molecular weight excluding hydrogens is 204 g/mol. The zero-order valence-corrected chi connectivity index (χ0v) is 9.67. The highest BCUT2D eigenvalue weighted by Crippen LogP contribution is 2.05. The van der Waals surface area contributed by atoms with Crippen molar-refractivity contribution in [3.05, 3.63) is 35.9 Å². The van der Waals surface area contributed by atoms with Gasteiger partial charge in [-0.3, -0.25) is 0 Å². The molecule has 3 nitrogen and oxygen atoms in total. The molecule has 1 aromatic rings. The quantitative estimate of drug-likeness (QED) is 0.693. The summed E-state index contributed by atoms with van der Waals surface area (Å²) in [5.74, 6) is 0. The van der Waals surface area contributed by atoms with Crippen LogP contribution in [0.4, 0.5) is 0 Å². The molecule has 0 aromatic heterocycles. The third-order valence-corrected chi connectivity index (χ3v) is 2.53. The topological polar surface area (TPSA) is 49.7 Å². The number of aliphatic hydroxyl groups excluding tert-OH is 2. The van der Waals surface area contributed by atoms with E-state index in [1.165, 1.54) is 0 Å². The highest BCUT2D eigenvalue weighted by molar-refractivity contribution is 5.13. The van der Waals surface area contributed by atoms with Crippen LogP contribution in [0.25, 0.3) is 0 Å². The molecule has 0 saturated carbocycles. The Balaban J connectivity index is 2.13. The minimum Gasteiger partial charge on any atom is -0.390 e. The summed E-state index contributed by atoms with van der Waals surface area (Å²) in [5, 5.41) is 18.8. The van der Waals surface area contributed by atoms with E-state index in [4.69, 9.17) is 4.74 Å². The van der Waals surface area contributed by atoms with Gasteiger partial charge < -0.3 is 14.9 Å². The largest absolute Gasteiger partial charge is 0.390 e. The van der Waals surface area contributed by atoms with Gasteiger partial charge in [0.2, 0.25) is 0 Å². The number of aliphatic hydroxyl groups is 2. The maximum Gasteiger partial charge on any atom is 0.0820 e. The molecule has 90 valence electrons. The highest BCUT2D eigenvalue weighted by Gasteiger charge is 2.13. The van der Waals surface area contributed by atoms with Crippen LogP contribution in [0.15, 0.2) is 30.3 Å². The van der Waals surface area contributed by atoms with Crippen LogP contribution in [0.2, 0.25) is 0 Å². The predicted octanol–water partition coefficient (Wildman–Crippen LogP) is 1.73. The molecular formula is C13H20O3. The summed E-state index contributed by atoms with van der Waals surface area (Å²) in [6.07, 6.45) is -0.275. The maximum absolute atomic E-state index is 9.48. The minimum absolute atomic E-state index is 0.465. The summed E-state index contributed by atoms with van der Waals surface area (Å²) in [4.78, 5) is 0. The molecule has 0 heterocycles. The van der Waals surface area contributed by atoms with Crippen LogP contribution >= 0.6 is 0 Å². The lowest BCUT2D eigenvalue weighted by Gasteiger charge is -2.15. The van der Waals surface area contributed by atoms with Crippen LogP contribution in [-0.4, -0.2) is 29.0 Å². The van der Waals surface area contributed by atoms with Crippen LogP contribution < -0.4 is 0 Å². The molecule has 0 saturated heterocycles. The lowest BCUT2D eigenvalue weighted by Crippen LogP contribution is -2.26. The zero-order valence-electron chi connectivity index (χ0n) is 9.67. The summed E-state index contributed by atoms with van der Waals surface area (Å²) in [5.41, 5.74) is 1.12. The third kappa shape index (κ3) is 4.75. The molecule has 0 amide bonds. The van der Waals surface area contributed by atoms with E-state index >= 15 is 0 Å². The molecule has 0 bridgehead atoms. The Morgan fingerprint density at radius 1 is 1.12 bits per heavy atom. The lowest BCUT2D eigenvalue weighted by molar-refractivity contribution is -0.00799. The smallest absolute Gasteiger partial charge is 0.0820 e. The van der Waals surface area contributed by atoms with Crippen LogP contribution in [0, 0.1) is 0 Å². The molecule has 3 heteroatoms. The Morgan fingerprint density at radius 2 is 1.81 bits per heavy atom. The molecule has 1 aromatic carbocycles. The van der Waals surface area contributed by atoms with Gasteiger partial charge in [0.1, 0.15) is 0 Å². The summed E-state index contributed by atoms with van der Waals surface area (Å²) in [7, 11) is 0. The molecule has 2 N–H and O–H groups in total. The molecule has 0 fully saturated rings. The van der Waals surface area contributed by atoms with Gasteiger partial charge in [0.05, 0.1) is 18.8 Å². The van der Waals surface area contributed by atoms with Gasteiger partial charge in [-0.05, 0) is 18.4 Å². The number of hydrogen-bond donors (Lipinski definition) is 2. The highest BCUT2D eigenvalue weighted by atomic mass is 16.5. The fraction of sp³-hybridized carbons (Fsp3) is 0.538. The first-order valence-corrected chi connectivity index (χ1v) is 5.71. The first kappa shape index (κ1) is 13.2. The fourth-order valence-corrected chi connectivity index (χ4v) is 1.43. The van der Waals surface area contributed by atoms with Gasteiger partial charge in [-0.25, -0.2) is 0 Å². The molecule has 0 aliphatic heterocycles. The van der Waals surface area contributed by atoms with E-state index < -0.39 is 12.2 Å². The van der Waals surface area contributed by atoms with Gasteiger partial charge >= 0.3 is 0 Å². The van der Waals surface area contributed by atoms with Crippen LogP contribution in [0.1, 0.15) is 25.3 Å². The van der Waals surface area contributed by atoms with Crippen molar-refractivity contribution in [3.8, 4) is 0 Å². The maximum atomic E-state index is 9.48. The fourth-order valence-electron chi connectivity index (χ4n) is 1.43. The Morgan fingerprint density at radius 3 is 2.44 bits per heavy atom. The van der Waals surface area contributed by atoms with Crippen molar-refractivity contribution in [2.45, 2.75) is 38.6 Å². The van der Waals surface area contributed by atoms with Gasteiger partial charge in [0, 0.05) is 6.61 Å². The summed E-state index contributed by atoms with van der Waals surface area (Å²) in [6.45, 7) is 2.86. The molecule has 0 aliphatic carbocycles. The van der Waals surface area contributed by atoms with Crippen molar-refractivity contribution < 1.29 is 14.9 Å². The van der Waals surface area contributed by atoms with E-state index in [-0.39, 0.29) is 0 Å². The zero-order chi connectivity index (χ0) is 11.8. The van der Waals surface area contributed by atoms with Crippen molar-refractivity contribution >= 4 is 0 Å². The van der Waals surface area contributed by atoms with Crippen molar-refractivity contribution in [3.63, 3.8) is 0 Å².